The Kier molecular flexibility index (Phi) is 6.15. The van der Waals surface area contributed by atoms with E-state index in [0.29, 0.717) is 36.8 Å². The van der Waals surface area contributed by atoms with E-state index in [2.05, 4.69) is 0 Å². The first-order valence-corrected chi connectivity index (χ1v) is 6.37. The van der Waals surface area contributed by atoms with Gasteiger partial charge in [0.2, 0.25) is 0 Å². The van der Waals surface area contributed by atoms with Gasteiger partial charge in [-0.05, 0) is 25.5 Å². The van der Waals surface area contributed by atoms with E-state index in [4.69, 9.17) is 15.2 Å². The molecule has 5 nitrogen and oxygen atoms in total. The second-order valence-electron chi connectivity index (χ2n) is 4.23. The SMILES string of the molecule is CCOc1cccc(N)c1C(=O)N(C)CCCOC. The second kappa shape index (κ2) is 7.63. The summed E-state index contributed by atoms with van der Waals surface area (Å²) in [6.45, 7) is 3.61. The third-order valence-corrected chi connectivity index (χ3v) is 2.76. The molecule has 0 saturated heterocycles. The molecule has 19 heavy (non-hydrogen) atoms. The number of ether oxygens (including phenoxy) is 2. The van der Waals surface area contributed by atoms with E-state index in [1.54, 1.807) is 37.3 Å². The molecule has 1 amide bonds. The predicted octanol–water partition coefficient (Wildman–Crippen LogP) is 1.78. The highest BCUT2D eigenvalue weighted by Gasteiger charge is 2.19. The Morgan fingerprint density at radius 1 is 1.42 bits per heavy atom. The molecule has 0 saturated carbocycles. The van der Waals surface area contributed by atoms with Gasteiger partial charge in [0.25, 0.3) is 5.91 Å². The third kappa shape index (κ3) is 4.13. The fourth-order valence-electron chi connectivity index (χ4n) is 1.79. The predicted molar refractivity (Wildman–Crippen MR) is 75.5 cm³/mol. The summed E-state index contributed by atoms with van der Waals surface area (Å²) in [5.74, 6) is 0.406. The molecule has 106 valence electrons. The fourth-order valence-corrected chi connectivity index (χ4v) is 1.79. The first kappa shape index (κ1) is 15.3. The van der Waals surface area contributed by atoms with Crippen LogP contribution in [0.25, 0.3) is 0 Å². The minimum atomic E-state index is -0.127. The van der Waals surface area contributed by atoms with Gasteiger partial charge in [-0.25, -0.2) is 0 Å². The molecule has 1 aromatic rings. The number of carbonyl (C=O) groups excluding carboxylic acids is 1. The number of benzene rings is 1. The van der Waals surface area contributed by atoms with Crippen molar-refractivity contribution in [3.63, 3.8) is 0 Å². The number of carbonyl (C=O) groups is 1. The van der Waals surface area contributed by atoms with Crippen molar-refractivity contribution in [3.05, 3.63) is 23.8 Å². The summed E-state index contributed by atoms with van der Waals surface area (Å²) in [7, 11) is 3.39. The zero-order chi connectivity index (χ0) is 14.3. The van der Waals surface area contributed by atoms with Crippen LogP contribution in [0.15, 0.2) is 18.2 Å². The van der Waals surface area contributed by atoms with E-state index in [1.807, 2.05) is 6.92 Å². The van der Waals surface area contributed by atoms with Crippen molar-refractivity contribution in [2.45, 2.75) is 13.3 Å². The van der Waals surface area contributed by atoms with Crippen molar-refractivity contribution in [3.8, 4) is 5.75 Å². The summed E-state index contributed by atoms with van der Waals surface area (Å²) in [6, 6.07) is 5.25. The zero-order valence-electron chi connectivity index (χ0n) is 11.8. The van der Waals surface area contributed by atoms with E-state index in [9.17, 15) is 4.79 Å². The number of nitrogens with zero attached hydrogens (tertiary/aromatic N) is 1. The topological polar surface area (TPSA) is 64.8 Å². The Morgan fingerprint density at radius 2 is 2.16 bits per heavy atom. The van der Waals surface area contributed by atoms with Gasteiger partial charge < -0.3 is 20.1 Å². The van der Waals surface area contributed by atoms with Crippen LogP contribution < -0.4 is 10.5 Å². The Hall–Kier alpha value is -1.75. The van der Waals surface area contributed by atoms with Gasteiger partial charge in [0, 0.05) is 33.0 Å². The van der Waals surface area contributed by atoms with E-state index in [0.717, 1.165) is 6.42 Å². The van der Waals surface area contributed by atoms with Crippen molar-refractivity contribution in [1.82, 2.24) is 4.90 Å². The lowest BCUT2D eigenvalue weighted by molar-refractivity contribution is 0.0776. The van der Waals surface area contributed by atoms with Gasteiger partial charge >= 0.3 is 0 Å². The standard InChI is InChI=1S/C14H22N2O3/c1-4-19-12-8-5-7-11(15)13(12)14(17)16(2)9-6-10-18-3/h5,7-8H,4,6,9-10,15H2,1-3H3. The summed E-state index contributed by atoms with van der Waals surface area (Å²) in [4.78, 5) is 14.0. The number of hydrogen-bond acceptors (Lipinski definition) is 4. The molecule has 0 aliphatic heterocycles. The normalized spacial score (nSPS) is 10.3. The second-order valence-corrected chi connectivity index (χ2v) is 4.23. The number of rotatable bonds is 7. The number of nitrogens with two attached hydrogens (primary N) is 1. The van der Waals surface area contributed by atoms with Crippen LogP contribution in [0.4, 0.5) is 5.69 Å². The average molecular weight is 266 g/mol. The Bertz CT molecular complexity index is 421. The molecule has 0 spiro atoms. The van der Waals surface area contributed by atoms with E-state index in [-0.39, 0.29) is 5.91 Å². The van der Waals surface area contributed by atoms with Gasteiger partial charge in [-0.3, -0.25) is 4.79 Å². The van der Waals surface area contributed by atoms with Crippen molar-refractivity contribution < 1.29 is 14.3 Å². The highest BCUT2D eigenvalue weighted by molar-refractivity contribution is 6.01. The Balaban J connectivity index is 2.85. The number of anilines is 1. The van der Waals surface area contributed by atoms with Crippen molar-refractivity contribution in [1.29, 1.82) is 0 Å². The quantitative estimate of drug-likeness (QED) is 0.603. The molecule has 0 unspecified atom stereocenters. The highest BCUT2D eigenvalue weighted by Crippen LogP contribution is 2.25. The lowest BCUT2D eigenvalue weighted by Crippen LogP contribution is -2.29. The molecule has 0 aromatic heterocycles. The molecule has 0 heterocycles. The monoisotopic (exact) mass is 266 g/mol. The fraction of sp³-hybridized carbons (Fsp3) is 0.500. The maximum absolute atomic E-state index is 12.4. The Labute approximate surface area is 114 Å². The molecular formula is C14H22N2O3. The summed E-state index contributed by atoms with van der Waals surface area (Å²) >= 11 is 0. The number of amides is 1. The van der Waals surface area contributed by atoms with Crippen LogP contribution in [-0.4, -0.2) is 44.7 Å². The lowest BCUT2D eigenvalue weighted by atomic mass is 10.1. The van der Waals surface area contributed by atoms with Crippen LogP contribution in [0, 0.1) is 0 Å². The summed E-state index contributed by atoms with van der Waals surface area (Å²) < 4.78 is 10.4. The minimum absolute atomic E-state index is 0.127. The van der Waals surface area contributed by atoms with Gasteiger partial charge in [0.1, 0.15) is 11.3 Å². The molecule has 0 fully saturated rings. The van der Waals surface area contributed by atoms with Crippen LogP contribution >= 0.6 is 0 Å². The maximum atomic E-state index is 12.4. The molecule has 0 atom stereocenters. The molecule has 0 radical (unpaired) electrons. The smallest absolute Gasteiger partial charge is 0.259 e. The van der Waals surface area contributed by atoms with Crippen molar-refractivity contribution in [2.75, 3.05) is 39.6 Å². The first-order chi connectivity index (χ1) is 9.11. The van der Waals surface area contributed by atoms with Crippen LogP contribution in [0.1, 0.15) is 23.7 Å². The molecule has 2 N–H and O–H groups in total. The van der Waals surface area contributed by atoms with Gasteiger partial charge in [0.05, 0.1) is 6.61 Å². The molecule has 0 bridgehead atoms. The average Bonchev–Trinajstić information content (AvgIpc) is 2.39. The maximum Gasteiger partial charge on any atom is 0.259 e. The van der Waals surface area contributed by atoms with E-state index in [1.165, 1.54) is 0 Å². The number of nitrogen functional groups attached to an aromatic ring is 1. The van der Waals surface area contributed by atoms with E-state index >= 15 is 0 Å². The summed E-state index contributed by atoms with van der Waals surface area (Å²) in [5.41, 5.74) is 6.77. The van der Waals surface area contributed by atoms with E-state index < -0.39 is 0 Å². The summed E-state index contributed by atoms with van der Waals surface area (Å²) in [5, 5.41) is 0. The van der Waals surface area contributed by atoms with Gasteiger partial charge in [-0.1, -0.05) is 6.07 Å². The van der Waals surface area contributed by atoms with Crippen molar-refractivity contribution >= 4 is 11.6 Å². The molecule has 5 heteroatoms. The van der Waals surface area contributed by atoms with Gasteiger partial charge in [-0.15, -0.1) is 0 Å². The van der Waals surface area contributed by atoms with Gasteiger partial charge in [-0.2, -0.15) is 0 Å². The van der Waals surface area contributed by atoms with Gasteiger partial charge in [0.15, 0.2) is 0 Å². The highest BCUT2D eigenvalue weighted by atomic mass is 16.5. The third-order valence-electron chi connectivity index (χ3n) is 2.76. The molecular weight excluding hydrogens is 244 g/mol. The molecule has 1 aromatic carbocycles. The molecule has 0 aliphatic carbocycles. The van der Waals surface area contributed by atoms with Crippen LogP contribution in [0.3, 0.4) is 0 Å². The van der Waals surface area contributed by atoms with Crippen LogP contribution in [-0.2, 0) is 4.74 Å². The molecule has 1 rings (SSSR count). The minimum Gasteiger partial charge on any atom is -0.493 e. The largest absolute Gasteiger partial charge is 0.493 e. The summed E-state index contributed by atoms with van der Waals surface area (Å²) in [6.07, 6.45) is 0.787. The molecule has 0 aliphatic rings. The number of methoxy groups -OCH3 is 1. The first-order valence-electron chi connectivity index (χ1n) is 6.37. The Morgan fingerprint density at radius 3 is 2.79 bits per heavy atom. The number of hydrogen-bond donors (Lipinski definition) is 1. The van der Waals surface area contributed by atoms with Crippen LogP contribution in [0.5, 0.6) is 5.75 Å². The lowest BCUT2D eigenvalue weighted by Gasteiger charge is -2.20. The van der Waals surface area contributed by atoms with Crippen LogP contribution in [0.2, 0.25) is 0 Å². The zero-order valence-corrected chi connectivity index (χ0v) is 11.8. The van der Waals surface area contributed by atoms with Crippen molar-refractivity contribution in [2.24, 2.45) is 0 Å².